The van der Waals surface area contributed by atoms with Crippen molar-refractivity contribution in [2.24, 2.45) is 5.41 Å². The zero-order valence-corrected chi connectivity index (χ0v) is 24.7. The van der Waals surface area contributed by atoms with Crippen LogP contribution < -0.4 is 15.7 Å². The van der Waals surface area contributed by atoms with Gasteiger partial charge in [0.15, 0.2) is 0 Å². The summed E-state index contributed by atoms with van der Waals surface area (Å²) in [5, 5.41) is 7.43. The monoisotopic (exact) mass is 588 g/mol. The van der Waals surface area contributed by atoms with Gasteiger partial charge in [-0.3, -0.25) is 19.5 Å². The Morgan fingerprint density at radius 2 is 1.79 bits per heavy atom. The van der Waals surface area contributed by atoms with Crippen LogP contribution in [0.4, 0.5) is 20.2 Å². The molecule has 2 aliphatic rings. The van der Waals surface area contributed by atoms with Gasteiger partial charge in [-0.2, -0.15) is 0 Å². The molecular weight excluding hydrogens is 550 g/mol. The van der Waals surface area contributed by atoms with Crippen LogP contribution >= 0.6 is 0 Å². The number of para-hydroxylation sites is 1. The summed E-state index contributed by atoms with van der Waals surface area (Å²) in [5.41, 5.74) is 3.95. The summed E-state index contributed by atoms with van der Waals surface area (Å²) in [5.74, 6) is -1.83. The van der Waals surface area contributed by atoms with Crippen molar-refractivity contribution < 1.29 is 23.2 Å². The van der Waals surface area contributed by atoms with Crippen molar-refractivity contribution in [2.75, 3.05) is 44.1 Å². The first-order chi connectivity index (χ1) is 20.7. The Balaban J connectivity index is 1.21. The zero-order valence-electron chi connectivity index (χ0n) is 24.7. The van der Waals surface area contributed by atoms with Gasteiger partial charge in [-0.1, -0.05) is 36.4 Å². The fourth-order valence-electron chi connectivity index (χ4n) is 5.77. The summed E-state index contributed by atoms with van der Waals surface area (Å²) in [6, 6.07) is 18.0. The van der Waals surface area contributed by atoms with Crippen molar-refractivity contribution in [3.8, 4) is 0 Å². The van der Waals surface area contributed by atoms with Crippen LogP contribution in [-0.4, -0.2) is 50.4 Å². The molecule has 0 aromatic heterocycles. The molecule has 43 heavy (non-hydrogen) atoms. The number of carbonyl (C=O) groups is 2. The molecule has 1 aliphatic carbocycles. The molecule has 0 saturated heterocycles. The lowest BCUT2D eigenvalue weighted by atomic mass is 9.79. The maximum Gasteiger partial charge on any atom is 0.255 e. The number of allylic oxidation sites excluding steroid dienone is 1. The van der Waals surface area contributed by atoms with Crippen molar-refractivity contribution in [3.05, 3.63) is 107 Å². The second kappa shape index (κ2) is 13.5. The number of nitrogens with zero attached hydrogens (tertiary/aromatic N) is 2. The van der Waals surface area contributed by atoms with E-state index in [-0.39, 0.29) is 23.6 Å². The number of hydroxylamine groups is 1. The van der Waals surface area contributed by atoms with Gasteiger partial charge in [0.05, 0.1) is 18.0 Å². The maximum absolute atomic E-state index is 13.9. The molecule has 3 aromatic carbocycles. The Morgan fingerprint density at radius 1 is 1.00 bits per heavy atom. The number of hydrogen-bond acceptors (Lipinski definition) is 5. The van der Waals surface area contributed by atoms with E-state index in [1.807, 2.05) is 31.3 Å². The fraction of sp³-hybridized carbons (Fsp3) is 0.353. The molecule has 0 bridgehead atoms. The Kier molecular flexibility index (Phi) is 9.52. The van der Waals surface area contributed by atoms with Crippen LogP contribution in [0.2, 0.25) is 0 Å². The molecule has 1 spiro atoms. The average Bonchev–Trinajstić information content (AvgIpc) is 3.34. The standard InChI is InChI=1S/C34H38F2N4O3/c1-39(2)18-5-17-37-32(41)27-14-15-34(22-27)16-19-40(31-7-4-3-6-26(31)21-34)43-23-24-8-10-25(11-9-24)33(42)38-30-20-28(35)12-13-29(30)36/h3-4,6-13,20,22H,5,14-19,21,23H2,1-2H3,(H,37,41)(H,38,42). The van der Waals surface area contributed by atoms with E-state index in [2.05, 4.69) is 33.7 Å². The molecule has 1 heterocycles. The third kappa shape index (κ3) is 7.66. The number of fused-ring (bicyclic) bond motifs is 1. The number of carbonyl (C=O) groups excluding carboxylic acids is 2. The Morgan fingerprint density at radius 3 is 2.58 bits per heavy atom. The van der Waals surface area contributed by atoms with Crippen LogP contribution in [0.5, 0.6) is 0 Å². The van der Waals surface area contributed by atoms with Gasteiger partial charge in [0.1, 0.15) is 11.6 Å². The van der Waals surface area contributed by atoms with E-state index in [9.17, 15) is 18.4 Å². The first kappa shape index (κ1) is 30.4. The molecule has 0 saturated carbocycles. The van der Waals surface area contributed by atoms with Gasteiger partial charge >= 0.3 is 0 Å². The molecule has 1 aliphatic heterocycles. The van der Waals surface area contributed by atoms with E-state index in [1.165, 1.54) is 5.56 Å². The molecule has 2 amide bonds. The summed E-state index contributed by atoms with van der Waals surface area (Å²) >= 11 is 0. The molecular formula is C34H38F2N4O3. The summed E-state index contributed by atoms with van der Waals surface area (Å²) in [4.78, 5) is 33.9. The van der Waals surface area contributed by atoms with Crippen molar-refractivity contribution in [3.63, 3.8) is 0 Å². The molecule has 3 aromatic rings. The Bertz CT molecular complexity index is 1490. The van der Waals surface area contributed by atoms with Gasteiger partial charge in [-0.05, 0) is 99.6 Å². The Hall–Kier alpha value is -4.08. The van der Waals surface area contributed by atoms with Crippen molar-refractivity contribution in [2.45, 2.75) is 38.7 Å². The average molecular weight is 589 g/mol. The zero-order chi connectivity index (χ0) is 30.4. The molecule has 2 N–H and O–H groups in total. The van der Waals surface area contributed by atoms with Crippen LogP contribution in [0.25, 0.3) is 0 Å². The highest BCUT2D eigenvalue weighted by Gasteiger charge is 2.38. The lowest BCUT2D eigenvalue weighted by molar-refractivity contribution is -0.117. The van der Waals surface area contributed by atoms with Gasteiger partial charge in [0, 0.05) is 30.3 Å². The van der Waals surface area contributed by atoms with E-state index in [0.29, 0.717) is 18.7 Å². The molecule has 5 rings (SSSR count). The maximum atomic E-state index is 13.9. The number of benzene rings is 3. The molecule has 0 radical (unpaired) electrons. The first-order valence-corrected chi connectivity index (χ1v) is 14.7. The lowest BCUT2D eigenvalue weighted by Crippen LogP contribution is -2.28. The highest BCUT2D eigenvalue weighted by molar-refractivity contribution is 6.04. The SMILES string of the molecule is CN(C)CCCNC(=O)C1=CC2(CC1)CCN(OCc1ccc(C(=O)Nc3cc(F)ccc3F)cc1)c1ccccc1C2. The van der Waals surface area contributed by atoms with Gasteiger partial charge in [0.25, 0.3) is 5.91 Å². The molecule has 0 fully saturated rings. The predicted octanol–water partition coefficient (Wildman–Crippen LogP) is 5.88. The number of anilines is 2. The second-order valence-electron chi connectivity index (χ2n) is 11.7. The van der Waals surface area contributed by atoms with E-state index < -0.39 is 17.5 Å². The number of amides is 2. The fourth-order valence-corrected chi connectivity index (χ4v) is 5.77. The van der Waals surface area contributed by atoms with Crippen LogP contribution in [0.1, 0.15) is 47.2 Å². The number of hydrogen-bond donors (Lipinski definition) is 2. The number of rotatable bonds is 10. The van der Waals surface area contributed by atoms with Crippen LogP contribution in [0.3, 0.4) is 0 Å². The highest BCUT2D eigenvalue weighted by atomic mass is 19.1. The topological polar surface area (TPSA) is 73.9 Å². The first-order valence-electron chi connectivity index (χ1n) is 14.7. The largest absolute Gasteiger partial charge is 0.352 e. The van der Waals surface area contributed by atoms with Crippen molar-refractivity contribution in [1.29, 1.82) is 0 Å². The summed E-state index contributed by atoms with van der Waals surface area (Å²) < 4.78 is 27.4. The normalized spacial score (nSPS) is 17.9. The van der Waals surface area contributed by atoms with Gasteiger partial charge in [-0.25, -0.2) is 8.78 Å². The van der Waals surface area contributed by atoms with Gasteiger partial charge < -0.3 is 15.5 Å². The number of nitrogens with one attached hydrogen (secondary N) is 2. The molecule has 1 atom stereocenters. The van der Waals surface area contributed by atoms with E-state index in [1.54, 1.807) is 24.3 Å². The smallest absolute Gasteiger partial charge is 0.255 e. The van der Waals surface area contributed by atoms with Crippen molar-refractivity contribution in [1.82, 2.24) is 10.2 Å². The van der Waals surface area contributed by atoms with Crippen molar-refractivity contribution >= 4 is 23.2 Å². The summed E-state index contributed by atoms with van der Waals surface area (Å²) in [6.07, 6.45) is 6.52. The minimum Gasteiger partial charge on any atom is -0.352 e. The van der Waals surface area contributed by atoms with Gasteiger partial charge in [0.2, 0.25) is 5.91 Å². The number of halogens is 2. The van der Waals surface area contributed by atoms with E-state index >= 15 is 0 Å². The third-order valence-electron chi connectivity index (χ3n) is 8.13. The van der Waals surface area contributed by atoms with E-state index in [0.717, 1.165) is 73.7 Å². The lowest BCUT2D eigenvalue weighted by Gasteiger charge is -2.26. The molecule has 226 valence electrons. The molecule has 7 nitrogen and oxygen atoms in total. The minimum absolute atomic E-state index is 0.0412. The Labute approximate surface area is 251 Å². The van der Waals surface area contributed by atoms with Crippen LogP contribution in [-0.2, 0) is 22.7 Å². The predicted molar refractivity (Wildman–Crippen MR) is 164 cm³/mol. The minimum atomic E-state index is -0.706. The van der Waals surface area contributed by atoms with Crippen LogP contribution in [0.15, 0.2) is 78.4 Å². The summed E-state index contributed by atoms with van der Waals surface area (Å²) in [7, 11) is 4.06. The quantitative estimate of drug-likeness (QED) is 0.290. The van der Waals surface area contributed by atoms with E-state index in [4.69, 9.17) is 4.84 Å². The molecule has 1 unspecified atom stereocenters. The van der Waals surface area contributed by atoms with Crippen LogP contribution in [0, 0.1) is 17.0 Å². The highest BCUT2D eigenvalue weighted by Crippen LogP contribution is 2.46. The molecule has 9 heteroatoms. The van der Waals surface area contributed by atoms with Gasteiger partial charge in [-0.15, -0.1) is 0 Å². The third-order valence-corrected chi connectivity index (χ3v) is 8.13. The summed E-state index contributed by atoms with van der Waals surface area (Å²) in [6.45, 7) is 2.57. The second-order valence-corrected chi connectivity index (χ2v) is 11.7.